The van der Waals surface area contributed by atoms with Gasteiger partial charge in [-0.3, -0.25) is 19.4 Å². The number of carbonyl (C=O) groups is 2. The van der Waals surface area contributed by atoms with Crippen molar-refractivity contribution in [1.29, 1.82) is 0 Å². The number of Topliss-reactive ketones (excluding diaryl/α,β-unsaturated/α-hetero) is 1. The van der Waals surface area contributed by atoms with Gasteiger partial charge >= 0.3 is 0 Å². The zero-order valence-corrected chi connectivity index (χ0v) is 17.1. The number of anilines is 1. The normalized spacial score (nSPS) is 16.2. The Bertz CT molecular complexity index is 817. The standard InChI is InChI=1S/C23H29N3O3/c1-18(23(28)24-21-8-6-7-20(17-21)19(2)27)26-13-11-25(12-14-26)15-16-29-22-9-4-3-5-10-22/h3-10,17-18H,11-16H2,1-2H3,(H,24,28)/t18-/m0/s1. The Balaban J connectivity index is 1.42. The number of amides is 1. The van der Waals surface area contributed by atoms with Crippen LogP contribution in [0.1, 0.15) is 24.2 Å². The van der Waals surface area contributed by atoms with Crippen molar-refractivity contribution in [2.75, 3.05) is 44.6 Å². The summed E-state index contributed by atoms with van der Waals surface area (Å²) in [7, 11) is 0. The molecule has 1 fully saturated rings. The van der Waals surface area contributed by atoms with Crippen LogP contribution in [0.3, 0.4) is 0 Å². The maximum absolute atomic E-state index is 12.6. The van der Waals surface area contributed by atoms with Gasteiger partial charge in [0.05, 0.1) is 6.04 Å². The van der Waals surface area contributed by atoms with E-state index in [0.717, 1.165) is 38.5 Å². The molecular weight excluding hydrogens is 366 g/mol. The molecule has 0 radical (unpaired) electrons. The van der Waals surface area contributed by atoms with Crippen LogP contribution in [-0.4, -0.2) is 66.9 Å². The van der Waals surface area contributed by atoms with Gasteiger partial charge in [-0.2, -0.15) is 0 Å². The highest BCUT2D eigenvalue weighted by atomic mass is 16.5. The second-order valence-electron chi connectivity index (χ2n) is 7.34. The van der Waals surface area contributed by atoms with Gasteiger partial charge in [-0.25, -0.2) is 0 Å². The quantitative estimate of drug-likeness (QED) is 0.697. The summed E-state index contributed by atoms with van der Waals surface area (Å²) >= 11 is 0. The van der Waals surface area contributed by atoms with E-state index in [2.05, 4.69) is 15.1 Å². The maximum Gasteiger partial charge on any atom is 0.241 e. The predicted octanol–water partition coefficient (Wildman–Crippen LogP) is 2.91. The van der Waals surface area contributed by atoms with Gasteiger partial charge in [-0.1, -0.05) is 30.3 Å². The highest BCUT2D eigenvalue weighted by Crippen LogP contribution is 2.14. The molecule has 1 heterocycles. The Labute approximate surface area is 172 Å². The van der Waals surface area contributed by atoms with E-state index in [4.69, 9.17) is 4.74 Å². The minimum Gasteiger partial charge on any atom is -0.492 e. The number of hydrogen-bond donors (Lipinski definition) is 1. The lowest BCUT2D eigenvalue weighted by Gasteiger charge is -2.37. The van der Waals surface area contributed by atoms with Gasteiger partial charge in [0.2, 0.25) is 5.91 Å². The molecule has 0 bridgehead atoms. The SMILES string of the molecule is CC(=O)c1cccc(NC(=O)[C@H](C)N2CCN(CCOc3ccccc3)CC2)c1. The van der Waals surface area contributed by atoms with Gasteiger partial charge < -0.3 is 10.1 Å². The molecule has 2 aromatic carbocycles. The lowest BCUT2D eigenvalue weighted by molar-refractivity contribution is -0.121. The number of piperazine rings is 1. The van der Waals surface area contributed by atoms with Crippen molar-refractivity contribution < 1.29 is 14.3 Å². The molecule has 0 unspecified atom stereocenters. The molecule has 1 saturated heterocycles. The van der Waals surface area contributed by atoms with E-state index in [1.54, 1.807) is 18.2 Å². The van der Waals surface area contributed by atoms with Crippen molar-refractivity contribution in [2.45, 2.75) is 19.9 Å². The van der Waals surface area contributed by atoms with Crippen LogP contribution in [0.5, 0.6) is 5.75 Å². The number of nitrogens with zero attached hydrogens (tertiary/aromatic N) is 2. The van der Waals surface area contributed by atoms with Gasteiger partial charge in [-0.05, 0) is 38.1 Å². The number of carbonyl (C=O) groups excluding carboxylic acids is 2. The molecular formula is C23H29N3O3. The van der Waals surface area contributed by atoms with Crippen molar-refractivity contribution in [3.63, 3.8) is 0 Å². The number of ketones is 1. The van der Waals surface area contributed by atoms with Crippen LogP contribution in [0.15, 0.2) is 54.6 Å². The molecule has 29 heavy (non-hydrogen) atoms. The average Bonchev–Trinajstić information content (AvgIpc) is 2.74. The third-order valence-corrected chi connectivity index (χ3v) is 5.29. The molecule has 6 heteroatoms. The number of para-hydroxylation sites is 1. The summed E-state index contributed by atoms with van der Waals surface area (Å²) in [6.45, 7) is 8.49. The van der Waals surface area contributed by atoms with Crippen molar-refractivity contribution in [3.05, 3.63) is 60.2 Å². The number of benzene rings is 2. The van der Waals surface area contributed by atoms with Crippen molar-refractivity contribution >= 4 is 17.4 Å². The lowest BCUT2D eigenvalue weighted by atomic mass is 10.1. The first-order chi connectivity index (χ1) is 14.0. The van der Waals surface area contributed by atoms with Gasteiger partial charge in [0.1, 0.15) is 12.4 Å². The third kappa shape index (κ3) is 6.14. The first-order valence-electron chi connectivity index (χ1n) is 10.1. The van der Waals surface area contributed by atoms with Crippen LogP contribution in [0.2, 0.25) is 0 Å². The van der Waals surface area contributed by atoms with Crippen molar-refractivity contribution in [1.82, 2.24) is 9.80 Å². The number of hydrogen-bond acceptors (Lipinski definition) is 5. The molecule has 1 aliphatic rings. The van der Waals surface area contributed by atoms with E-state index in [0.29, 0.717) is 17.9 Å². The van der Waals surface area contributed by atoms with E-state index in [-0.39, 0.29) is 17.7 Å². The fourth-order valence-corrected chi connectivity index (χ4v) is 3.41. The van der Waals surface area contributed by atoms with Crippen LogP contribution in [0, 0.1) is 0 Å². The molecule has 6 nitrogen and oxygen atoms in total. The summed E-state index contributed by atoms with van der Waals surface area (Å²) in [5.74, 6) is 0.832. The Morgan fingerprint density at radius 2 is 1.76 bits per heavy atom. The van der Waals surface area contributed by atoms with Gasteiger partial charge in [0, 0.05) is 44.0 Å². The zero-order valence-electron chi connectivity index (χ0n) is 17.1. The predicted molar refractivity (Wildman–Crippen MR) is 114 cm³/mol. The molecule has 1 N–H and O–H groups in total. The summed E-state index contributed by atoms with van der Waals surface area (Å²) in [6, 6.07) is 16.7. The molecule has 3 rings (SSSR count). The van der Waals surface area contributed by atoms with E-state index in [9.17, 15) is 9.59 Å². The molecule has 2 aromatic rings. The maximum atomic E-state index is 12.6. The Kier molecular flexibility index (Phi) is 7.38. The second kappa shape index (κ2) is 10.2. The number of ether oxygens (including phenoxy) is 1. The van der Waals surface area contributed by atoms with Crippen LogP contribution in [-0.2, 0) is 4.79 Å². The Morgan fingerprint density at radius 3 is 2.45 bits per heavy atom. The molecule has 1 aliphatic heterocycles. The summed E-state index contributed by atoms with van der Waals surface area (Å²) in [4.78, 5) is 28.7. The summed E-state index contributed by atoms with van der Waals surface area (Å²) in [5, 5.41) is 2.93. The molecule has 0 saturated carbocycles. The Hall–Kier alpha value is -2.70. The summed E-state index contributed by atoms with van der Waals surface area (Å²) in [5.41, 5.74) is 1.26. The van der Waals surface area contributed by atoms with Crippen LogP contribution >= 0.6 is 0 Å². The minimum atomic E-state index is -0.223. The summed E-state index contributed by atoms with van der Waals surface area (Å²) < 4.78 is 5.77. The fourth-order valence-electron chi connectivity index (χ4n) is 3.41. The fraction of sp³-hybridized carbons (Fsp3) is 0.391. The third-order valence-electron chi connectivity index (χ3n) is 5.29. The highest BCUT2D eigenvalue weighted by Gasteiger charge is 2.25. The molecule has 1 amide bonds. The van der Waals surface area contributed by atoms with Gasteiger partial charge in [0.15, 0.2) is 5.78 Å². The van der Waals surface area contributed by atoms with Crippen molar-refractivity contribution in [3.8, 4) is 5.75 Å². The van der Waals surface area contributed by atoms with E-state index < -0.39 is 0 Å². The largest absolute Gasteiger partial charge is 0.492 e. The topological polar surface area (TPSA) is 61.9 Å². The monoisotopic (exact) mass is 395 g/mol. The highest BCUT2D eigenvalue weighted by molar-refractivity contribution is 5.98. The van der Waals surface area contributed by atoms with Crippen LogP contribution < -0.4 is 10.1 Å². The van der Waals surface area contributed by atoms with Crippen molar-refractivity contribution in [2.24, 2.45) is 0 Å². The molecule has 0 aromatic heterocycles. The molecule has 1 atom stereocenters. The number of rotatable bonds is 8. The second-order valence-corrected chi connectivity index (χ2v) is 7.34. The summed E-state index contributed by atoms with van der Waals surface area (Å²) in [6.07, 6.45) is 0. The molecule has 0 spiro atoms. The van der Waals surface area contributed by atoms with E-state index in [1.807, 2.05) is 43.3 Å². The van der Waals surface area contributed by atoms with Gasteiger partial charge in [-0.15, -0.1) is 0 Å². The lowest BCUT2D eigenvalue weighted by Crippen LogP contribution is -2.53. The molecule has 154 valence electrons. The average molecular weight is 396 g/mol. The zero-order chi connectivity index (χ0) is 20.6. The minimum absolute atomic E-state index is 0.0125. The first kappa shape index (κ1) is 21.0. The number of nitrogens with one attached hydrogen (secondary N) is 1. The van der Waals surface area contributed by atoms with Crippen LogP contribution in [0.4, 0.5) is 5.69 Å². The van der Waals surface area contributed by atoms with E-state index in [1.165, 1.54) is 6.92 Å². The van der Waals surface area contributed by atoms with Crippen LogP contribution in [0.25, 0.3) is 0 Å². The van der Waals surface area contributed by atoms with Gasteiger partial charge in [0.25, 0.3) is 0 Å². The van der Waals surface area contributed by atoms with E-state index >= 15 is 0 Å². The first-order valence-corrected chi connectivity index (χ1v) is 10.1. The Morgan fingerprint density at radius 1 is 1.03 bits per heavy atom. The smallest absolute Gasteiger partial charge is 0.241 e. The molecule has 0 aliphatic carbocycles.